The third-order valence-corrected chi connectivity index (χ3v) is 7.57. The van der Waals surface area contributed by atoms with Gasteiger partial charge in [0.1, 0.15) is 12.2 Å². The monoisotopic (exact) mass is 535 g/mol. The van der Waals surface area contributed by atoms with Crippen LogP contribution < -0.4 is 5.32 Å². The van der Waals surface area contributed by atoms with E-state index in [1.54, 1.807) is 19.8 Å². The van der Waals surface area contributed by atoms with Crippen molar-refractivity contribution in [1.82, 2.24) is 25.1 Å². The maximum absolute atomic E-state index is 14.1. The van der Waals surface area contributed by atoms with Crippen molar-refractivity contribution in [2.24, 2.45) is 0 Å². The molecule has 0 bridgehead atoms. The standard InChI is InChI=1S/C32H33N5O3/c1-3-19-34-23-30(38)36-28(20-25-13-7-4-8-14-25)31(39)35(24(2)27-17-11-6-12-18-27)22-29(36)37(34)32(40)33-21-26-15-9-5-10-16-26/h1,4-18,24,28-29H,19-23H2,2H3,(H,33,40)/t24?,28-,29-/m0/s1. The van der Waals surface area contributed by atoms with Crippen molar-refractivity contribution in [1.29, 1.82) is 0 Å². The van der Waals surface area contributed by atoms with E-state index in [1.165, 1.54) is 0 Å². The van der Waals surface area contributed by atoms with E-state index in [4.69, 9.17) is 6.42 Å². The minimum absolute atomic E-state index is 0.0837. The van der Waals surface area contributed by atoms with Crippen molar-refractivity contribution >= 4 is 17.8 Å². The molecule has 0 saturated carbocycles. The number of urea groups is 1. The first-order chi connectivity index (χ1) is 19.5. The number of benzene rings is 3. The Hall–Kier alpha value is -4.61. The number of hydrogen-bond acceptors (Lipinski definition) is 4. The summed E-state index contributed by atoms with van der Waals surface area (Å²) in [5, 5.41) is 6.13. The van der Waals surface area contributed by atoms with E-state index >= 15 is 0 Å². The van der Waals surface area contributed by atoms with Crippen LogP contribution in [0.4, 0.5) is 4.79 Å². The molecule has 0 aromatic heterocycles. The summed E-state index contributed by atoms with van der Waals surface area (Å²) in [7, 11) is 0. The quantitative estimate of drug-likeness (QED) is 0.471. The first-order valence-corrected chi connectivity index (χ1v) is 13.5. The Kier molecular flexibility index (Phi) is 8.13. The third kappa shape index (κ3) is 5.56. The minimum Gasteiger partial charge on any atom is -0.333 e. The van der Waals surface area contributed by atoms with Crippen molar-refractivity contribution in [3.63, 3.8) is 0 Å². The number of carbonyl (C=O) groups is 3. The average Bonchev–Trinajstić information content (AvgIpc) is 2.98. The molecule has 2 fully saturated rings. The first kappa shape index (κ1) is 27.0. The largest absolute Gasteiger partial charge is 0.334 e. The average molecular weight is 536 g/mol. The van der Waals surface area contributed by atoms with E-state index in [1.807, 2.05) is 97.9 Å². The summed E-state index contributed by atoms with van der Waals surface area (Å²) in [6.07, 6.45) is 5.29. The summed E-state index contributed by atoms with van der Waals surface area (Å²) in [5.41, 5.74) is 2.86. The van der Waals surface area contributed by atoms with Gasteiger partial charge in [0.15, 0.2) is 0 Å². The highest BCUT2D eigenvalue weighted by Crippen LogP contribution is 2.32. The summed E-state index contributed by atoms with van der Waals surface area (Å²) in [5.74, 6) is 2.22. The minimum atomic E-state index is -0.766. The molecule has 0 aliphatic carbocycles. The summed E-state index contributed by atoms with van der Waals surface area (Å²) in [6, 6.07) is 27.6. The molecule has 4 amide bonds. The van der Waals surface area contributed by atoms with Gasteiger partial charge in [0.25, 0.3) is 0 Å². The maximum Gasteiger partial charge on any atom is 0.334 e. The van der Waals surface area contributed by atoms with Crippen LogP contribution in [0.15, 0.2) is 91.0 Å². The van der Waals surface area contributed by atoms with E-state index in [2.05, 4.69) is 11.2 Å². The van der Waals surface area contributed by atoms with E-state index in [9.17, 15) is 14.4 Å². The molecule has 8 heteroatoms. The molecule has 2 aliphatic rings. The number of carbonyl (C=O) groups excluding carboxylic acids is 3. The van der Waals surface area contributed by atoms with E-state index in [0.717, 1.165) is 16.7 Å². The van der Waals surface area contributed by atoms with Crippen LogP contribution in [0.3, 0.4) is 0 Å². The Bertz CT molecular complexity index is 1380. The molecular formula is C32H33N5O3. The predicted molar refractivity (Wildman–Crippen MR) is 152 cm³/mol. The van der Waals surface area contributed by atoms with Crippen molar-refractivity contribution < 1.29 is 14.4 Å². The van der Waals surface area contributed by atoms with Crippen molar-refractivity contribution in [3.8, 4) is 12.3 Å². The van der Waals surface area contributed by atoms with Crippen molar-refractivity contribution in [3.05, 3.63) is 108 Å². The van der Waals surface area contributed by atoms with E-state index < -0.39 is 12.2 Å². The van der Waals surface area contributed by atoms with Crippen molar-refractivity contribution in [2.45, 2.75) is 38.1 Å². The Morgan fingerprint density at radius 1 is 0.950 bits per heavy atom. The smallest absolute Gasteiger partial charge is 0.333 e. The zero-order valence-electron chi connectivity index (χ0n) is 22.5. The number of rotatable bonds is 7. The fourth-order valence-electron chi connectivity index (χ4n) is 5.55. The van der Waals surface area contributed by atoms with Gasteiger partial charge in [-0.1, -0.05) is 96.9 Å². The predicted octanol–water partition coefficient (Wildman–Crippen LogP) is 3.43. The van der Waals surface area contributed by atoms with Crippen LogP contribution in [0.2, 0.25) is 0 Å². The van der Waals surface area contributed by atoms with Gasteiger partial charge in [0.2, 0.25) is 11.8 Å². The third-order valence-electron chi connectivity index (χ3n) is 7.57. The van der Waals surface area contributed by atoms with E-state index in [0.29, 0.717) is 13.0 Å². The molecular weight excluding hydrogens is 502 g/mol. The van der Waals surface area contributed by atoms with Crippen LogP contribution >= 0.6 is 0 Å². The lowest BCUT2D eigenvalue weighted by Crippen LogP contribution is -2.76. The Labute approximate surface area is 235 Å². The molecule has 204 valence electrons. The topological polar surface area (TPSA) is 76.2 Å². The lowest BCUT2D eigenvalue weighted by molar-refractivity contribution is -0.190. The second kappa shape index (κ2) is 12.1. The summed E-state index contributed by atoms with van der Waals surface area (Å²) < 4.78 is 0. The normalized spacial score (nSPS) is 20.1. The lowest BCUT2D eigenvalue weighted by atomic mass is 9.96. The van der Waals surface area contributed by atoms with Crippen LogP contribution in [0.25, 0.3) is 0 Å². The molecule has 0 radical (unpaired) electrons. The highest BCUT2D eigenvalue weighted by molar-refractivity contribution is 5.92. The van der Waals surface area contributed by atoms with Gasteiger partial charge in [0.05, 0.1) is 25.7 Å². The van der Waals surface area contributed by atoms with Gasteiger partial charge in [-0.25, -0.2) is 9.80 Å². The molecule has 5 rings (SSSR count). The number of hydrazine groups is 1. The summed E-state index contributed by atoms with van der Waals surface area (Å²) >= 11 is 0. The molecule has 2 saturated heterocycles. The summed E-state index contributed by atoms with van der Waals surface area (Å²) in [4.78, 5) is 44.9. The zero-order chi connectivity index (χ0) is 28.1. The van der Waals surface area contributed by atoms with Gasteiger partial charge in [-0.2, -0.15) is 5.01 Å². The molecule has 3 aromatic carbocycles. The van der Waals surface area contributed by atoms with Gasteiger partial charge < -0.3 is 15.1 Å². The lowest BCUT2D eigenvalue weighted by Gasteiger charge is -2.55. The van der Waals surface area contributed by atoms with Crippen LogP contribution in [0.5, 0.6) is 0 Å². The van der Waals surface area contributed by atoms with Gasteiger partial charge >= 0.3 is 6.03 Å². The molecule has 2 heterocycles. The van der Waals surface area contributed by atoms with E-state index in [-0.39, 0.29) is 43.5 Å². The van der Waals surface area contributed by atoms with Gasteiger partial charge in [-0.15, -0.1) is 6.42 Å². The van der Waals surface area contributed by atoms with Gasteiger partial charge in [-0.3, -0.25) is 9.59 Å². The SMILES string of the molecule is C#CCN1CC(=O)N2[C@@H](Cc3ccccc3)C(=O)N(C(C)c3ccccc3)C[C@@H]2N1C(=O)NCc1ccccc1. The number of terminal acetylenes is 1. The zero-order valence-corrected chi connectivity index (χ0v) is 22.5. The maximum atomic E-state index is 14.1. The fourth-order valence-corrected chi connectivity index (χ4v) is 5.55. The molecule has 8 nitrogen and oxygen atoms in total. The number of fused-ring (bicyclic) bond motifs is 1. The molecule has 3 atom stereocenters. The molecule has 1 N–H and O–H groups in total. The number of nitrogens with zero attached hydrogens (tertiary/aromatic N) is 4. The second-order valence-corrected chi connectivity index (χ2v) is 10.1. The molecule has 2 aliphatic heterocycles. The highest BCUT2D eigenvalue weighted by Gasteiger charge is 2.52. The first-order valence-electron chi connectivity index (χ1n) is 13.5. The van der Waals surface area contributed by atoms with Crippen LogP contribution in [0, 0.1) is 12.3 Å². The number of nitrogens with one attached hydrogen (secondary N) is 1. The second-order valence-electron chi connectivity index (χ2n) is 10.1. The Morgan fingerprint density at radius 2 is 1.55 bits per heavy atom. The van der Waals surface area contributed by atoms with Crippen LogP contribution in [-0.4, -0.2) is 69.5 Å². The molecule has 1 unspecified atom stereocenters. The molecule has 0 spiro atoms. The van der Waals surface area contributed by atoms with Crippen LogP contribution in [0.1, 0.15) is 29.7 Å². The van der Waals surface area contributed by atoms with Gasteiger partial charge in [-0.05, 0) is 23.6 Å². The Balaban J connectivity index is 1.51. The molecule has 3 aromatic rings. The highest BCUT2D eigenvalue weighted by atomic mass is 16.2. The fraction of sp³-hybridized carbons (Fsp3) is 0.281. The number of piperazine rings is 1. The van der Waals surface area contributed by atoms with Crippen molar-refractivity contribution in [2.75, 3.05) is 19.6 Å². The summed E-state index contributed by atoms with van der Waals surface area (Å²) in [6.45, 7) is 2.45. The molecule has 40 heavy (non-hydrogen) atoms. The number of amides is 4. The van der Waals surface area contributed by atoms with Crippen LogP contribution in [-0.2, 0) is 22.6 Å². The number of hydrogen-bond donors (Lipinski definition) is 1. The van der Waals surface area contributed by atoms with Gasteiger partial charge in [0, 0.05) is 13.0 Å². The Morgan fingerprint density at radius 3 is 2.17 bits per heavy atom.